The summed E-state index contributed by atoms with van der Waals surface area (Å²) in [6, 6.07) is -1.94. The Morgan fingerprint density at radius 3 is 1.83 bits per heavy atom. The lowest BCUT2D eigenvalue weighted by Crippen LogP contribution is -2.54. The van der Waals surface area contributed by atoms with Crippen LogP contribution >= 0.6 is 0 Å². The summed E-state index contributed by atoms with van der Waals surface area (Å²) in [7, 11) is 0. The standard InChI is InChI=1S/C15H25N3O4.C2HF3O2/c1-9(2)12(16)14(20)17-7-3-5-10(17)13(19)18-8-4-6-11(18)15(21)22;3-2(4,5)1(6)7/h9-12H,3-8,16H2,1-2H3,(H,21,22);(H,6,7). The van der Waals surface area contributed by atoms with Crippen LogP contribution in [0.2, 0.25) is 0 Å². The summed E-state index contributed by atoms with van der Waals surface area (Å²) >= 11 is 0. The molecular formula is C17H26F3N3O6. The number of halogens is 3. The molecule has 3 unspecified atom stereocenters. The Morgan fingerprint density at radius 1 is 0.966 bits per heavy atom. The molecule has 2 aliphatic heterocycles. The zero-order valence-electron chi connectivity index (χ0n) is 16.2. The maximum absolute atomic E-state index is 12.7. The molecule has 4 N–H and O–H groups in total. The van der Waals surface area contributed by atoms with E-state index in [0.29, 0.717) is 32.4 Å². The molecule has 12 heteroatoms. The van der Waals surface area contributed by atoms with Gasteiger partial charge in [-0.05, 0) is 31.6 Å². The molecule has 0 bridgehead atoms. The average molecular weight is 425 g/mol. The summed E-state index contributed by atoms with van der Waals surface area (Å²) in [5, 5.41) is 16.3. The van der Waals surface area contributed by atoms with Crippen LogP contribution in [0.15, 0.2) is 0 Å². The van der Waals surface area contributed by atoms with Crippen LogP contribution in [0, 0.1) is 5.92 Å². The van der Waals surface area contributed by atoms with Gasteiger partial charge in [0.05, 0.1) is 6.04 Å². The second-order valence-corrected chi connectivity index (χ2v) is 7.29. The number of rotatable bonds is 4. The number of alkyl halides is 3. The van der Waals surface area contributed by atoms with Gasteiger partial charge in [0, 0.05) is 13.1 Å². The van der Waals surface area contributed by atoms with Crippen molar-refractivity contribution < 1.29 is 42.6 Å². The summed E-state index contributed by atoms with van der Waals surface area (Å²) in [6.07, 6.45) is -2.58. The van der Waals surface area contributed by atoms with Crippen molar-refractivity contribution in [3.63, 3.8) is 0 Å². The number of hydrogen-bond acceptors (Lipinski definition) is 5. The highest BCUT2D eigenvalue weighted by atomic mass is 19.4. The van der Waals surface area contributed by atoms with Gasteiger partial charge in [0.2, 0.25) is 11.8 Å². The van der Waals surface area contributed by atoms with Crippen molar-refractivity contribution in [1.82, 2.24) is 9.80 Å². The molecule has 0 aromatic carbocycles. The van der Waals surface area contributed by atoms with E-state index in [0.717, 1.165) is 6.42 Å². The lowest BCUT2D eigenvalue weighted by Gasteiger charge is -2.32. The Morgan fingerprint density at radius 2 is 1.41 bits per heavy atom. The molecule has 2 amide bonds. The highest BCUT2D eigenvalue weighted by Crippen LogP contribution is 2.25. The van der Waals surface area contributed by atoms with Gasteiger partial charge in [0.1, 0.15) is 12.1 Å². The second kappa shape index (κ2) is 9.90. The Balaban J connectivity index is 0.000000516. The molecule has 2 heterocycles. The molecule has 9 nitrogen and oxygen atoms in total. The molecule has 2 rings (SSSR count). The molecule has 0 aromatic rings. The van der Waals surface area contributed by atoms with Crippen LogP contribution in [-0.2, 0) is 19.2 Å². The first kappa shape index (κ1) is 24.7. The number of carboxylic acids is 2. The van der Waals surface area contributed by atoms with Gasteiger partial charge < -0.3 is 25.7 Å². The highest BCUT2D eigenvalue weighted by Gasteiger charge is 2.43. The van der Waals surface area contributed by atoms with Gasteiger partial charge in [-0.25, -0.2) is 9.59 Å². The topological polar surface area (TPSA) is 141 Å². The fourth-order valence-electron chi connectivity index (χ4n) is 3.24. The maximum atomic E-state index is 12.7. The number of nitrogens with two attached hydrogens (primary N) is 1. The summed E-state index contributed by atoms with van der Waals surface area (Å²) in [6.45, 7) is 4.71. The first-order valence-electron chi connectivity index (χ1n) is 9.18. The lowest BCUT2D eigenvalue weighted by atomic mass is 10.0. The fourth-order valence-corrected chi connectivity index (χ4v) is 3.24. The molecule has 0 saturated carbocycles. The lowest BCUT2D eigenvalue weighted by molar-refractivity contribution is -0.192. The van der Waals surface area contributed by atoms with E-state index in [2.05, 4.69) is 0 Å². The van der Waals surface area contributed by atoms with Crippen molar-refractivity contribution in [2.24, 2.45) is 11.7 Å². The SMILES string of the molecule is CC(C)C(N)C(=O)N1CCCC1C(=O)N1CCCC1C(=O)O.O=C(O)C(F)(F)F. The fraction of sp³-hybridized carbons (Fsp3) is 0.765. The van der Waals surface area contributed by atoms with Gasteiger partial charge in [0.25, 0.3) is 0 Å². The molecule has 29 heavy (non-hydrogen) atoms. The Bertz CT molecular complexity index is 640. The molecule has 0 aliphatic carbocycles. The van der Waals surface area contributed by atoms with Crippen LogP contribution in [0.4, 0.5) is 13.2 Å². The van der Waals surface area contributed by atoms with E-state index < -0.39 is 36.2 Å². The predicted octanol–water partition coefficient (Wildman–Crippen LogP) is 0.670. The third-order valence-electron chi connectivity index (χ3n) is 4.89. The summed E-state index contributed by atoms with van der Waals surface area (Å²) in [4.78, 5) is 48.3. The largest absolute Gasteiger partial charge is 0.490 e. The van der Waals surface area contributed by atoms with Crippen molar-refractivity contribution in [1.29, 1.82) is 0 Å². The third-order valence-corrected chi connectivity index (χ3v) is 4.89. The van der Waals surface area contributed by atoms with Gasteiger partial charge in [-0.1, -0.05) is 13.8 Å². The van der Waals surface area contributed by atoms with Gasteiger partial charge >= 0.3 is 18.1 Å². The minimum atomic E-state index is -5.08. The van der Waals surface area contributed by atoms with E-state index in [1.807, 2.05) is 13.8 Å². The smallest absolute Gasteiger partial charge is 0.480 e. The number of carbonyl (C=O) groups excluding carboxylic acids is 2. The van der Waals surface area contributed by atoms with E-state index in [9.17, 15) is 32.7 Å². The van der Waals surface area contributed by atoms with E-state index in [1.54, 1.807) is 4.90 Å². The molecule has 2 aliphatic rings. The Kier molecular flexibility index (Phi) is 8.42. The van der Waals surface area contributed by atoms with Crippen molar-refractivity contribution in [3.05, 3.63) is 0 Å². The van der Waals surface area contributed by atoms with Gasteiger partial charge in [0.15, 0.2) is 0 Å². The number of aliphatic carboxylic acids is 2. The minimum absolute atomic E-state index is 0.00223. The van der Waals surface area contributed by atoms with E-state index >= 15 is 0 Å². The van der Waals surface area contributed by atoms with Gasteiger partial charge in [-0.2, -0.15) is 13.2 Å². The van der Waals surface area contributed by atoms with Crippen molar-refractivity contribution in [2.75, 3.05) is 13.1 Å². The quantitative estimate of drug-likeness (QED) is 0.601. The Labute approximate surface area is 165 Å². The average Bonchev–Trinajstić information content (AvgIpc) is 3.28. The van der Waals surface area contributed by atoms with E-state index in [-0.39, 0.29) is 17.7 Å². The van der Waals surface area contributed by atoms with Crippen LogP contribution in [0.25, 0.3) is 0 Å². The zero-order valence-corrected chi connectivity index (χ0v) is 16.2. The second-order valence-electron chi connectivity index (χ2n) is 7.29. The van der Waals surface area contributed by atoms with Crippen LogP contribution < -0.4 is 5.73 Å². The predicted molar refractivity (Wildman–Crippen MR) is 93.6 cm³/mol. The summed E-state index contributed by atoms with van der Waals surface area (Å²) in [5.74, 6) is -4.18. The van der Waals surface area contributed by atoms with Crippen LogP contribution in [0.3, 0.4) is 0 Å². The van der Waals surface area contributed by atoms with E-state index in [4.69, 9.17) is 15.6 Å². The van der Waals surface area contributed by atoms with Crippen molar-refractivity contribution >= 4 is 23.8 Å². The first-order valence-corrected chi connectivity index (χ1v) is 9.18. The molecule has 166 valence electrons. The number of carbonyl (C=O) groups is 4. The van der Waals surface area contributed by atoms with Gasteiger partial charge in [-0.15, -0.1) is 0 Å². The van der Waals surface area contributed by atoms with Crippen LogP contribution in [0.5, 0.6) is 0 Å². The molecule has 0 spiro atoms. The molecule has 3 atom stereocenters. The number of nitrogens with zero attached hydrogens (tertiary/aromatic N) is 2. The number of carboxylic acid groups (broad SMARTS) is 2. The van der Waals surface area contributed by atoms with E-state index in [1.165, 1.54) is 4.90 Å². The number of hydrogen-bond donors (Lipinski definition) is 3. The van der Waals surface area contributed by atoms with Crippen molar-refractivity contribution in [2.45, 2.75) is 63.8 Å². The molecule has 0 aromatic heterocycles. The highest BCUT2D eigenvalue weighted by molar-refractivity contribution is 5.92. The minimum Gasteiger partial charge on any atom is -0.480 e. The number of likely N-dealkylation sites (tertiary alicyclic amines) is 2. The third kappa shape index (κ3) is 6.31. The normalized spacial score (nSPS) is 22.9. The summed E-state index contributed by atoms with van der Waals surface area (Å²) < 4.78 is 31.7. The molecule has 2 saturated heterocycles. The molecule has 2 fully saturated rings. The first-order chi connectivity index (χ1) is 13.3. The zero-order chi connectivity index (χ0) is 22.5. The van der Waals surface area contributed by atoms with Crippen LogP contribution in [-0.4, -0.2) is 81.2 Å². The summed E-state index contributed by atoms with van der Waals surface area (Å²) in [5.41, 5.74) is 5.92. The van der Waals surface area contributed by atoms with Crippen LogP contribution in [0.1, 0.15) is 39.5 Å². The maximum Gasteiger partial charge on any atom is 0.490 e. The Hall–Kier alpha value is -2.37. The monoisotopic (exact) mass is 425 g/mol. The van der Waals surface area contributed by atoms with Crippen molar-refractivity contribution in [3.8, 4) is 0 Å². The number of amides is 2. The van der Waals surface area contributed by atoms with Gasteiger partial charge in [-0.3, -0.25) is 9.59 Å². The molecule has 0 radical (unpaired) electrons. The molecular weight excluding hydrogens is 399 g/mol.